The number of halogens is 1. The van der Waals surface area contributed by atoms with E-state index in [-0.39, 0.29) is 11.4 Å². The number of aromatic nitrogens is 3. The zero-order chi connectivity index (χ0) is 13.1. The molecule has 0 fully saturated rings. The first kappa shape index (κ1) is 12.3. The summed E-state index contributed by atoms with van der Waals surface area (Å²) in [6, 6.07) is 5.58. The van der Waals surface area contributed by atoms with Crippen LogP contribution in [0.1, 0.15) is 27.3 Å². The third-order valence-electron chi connectivity index (χ3n) is 2.41. The van der Waals surface area contributed by atoms with E-state index in [4.69, 9.17) is 16.7 Å². The Morgan fingerprint density at radius 2 is 2.17 bits per heavy atom. The molecule has 0 radical (unpaired) electrons. The first-order valence-corrected chi connectivity index (χ1v) is 5.54. The second-order valence-electron chi connectivity index (χ2n) is 3.70. The molecule has 0 aliphatic carbocycles. The van der Waals surface area contributed by atoms with E-state index in [9.17, 15) is 4.79 Å². The molecule has 2 aromatic rings. The lowest BCUT2D eigenvalue weighted by atomic mass is 10.1. The smallest absolute Gasteiger partial charge is 0.358 e. The molecule has 0 atom stereocenters. The van der Waals surface area contributed by atoms with E-state index >= 15 is 0 Å². The van der Waals surface area contributed by atoms with Gasteiger partial charge in [0.25, 0.3) is 0 Å². The largest absolute Gasteiger partial charge is 0.476 e. The number of aromatic carboxylic acids is 1. The first-order valence-electron chi connectivity index (χ1n) is 5.16. The monoisotopic (exact) mass is 263 g/mol. The Morgan fingerprint density at radius 1 is 1.39 bits per heavy atom. The lowest BCUT2D eigenvalue weighted by molar-refractivity contribution is 0.0690. The SMILES string of the molecule is Cc1ccc(C=Cc2n[nH]nc2C(=O)O)cc1Cl. The van der Waals surface area contributed by atoms with Crippen LogP contribution in [-0.4, -0.2) is 26.5 Å². The third kappa shape index (κ3) is 2.57. The minimum atomic E-state index is -1.12. The van der Waals surface area contributed by atoms with E-state index in [1.165, 1.54) is 0 Å². The van der Waals surface area contributed by atoms with Crippen LogP contribution in [-0.2, 0) is 0 Å². The molecule has 0 amide bonds. The summed E-state index contributed by atoms with van der Waals surface area (Å²) < 4.78 is 0. The predicted octanol–water partition coefficient (Wildman–Crippen LogP) is 2.64. The molecule has 0 aliphatic heterocycles. The normalized spacial score (nSPS) is 11.0. The Balaban J connectivity index is 2.27. The molecule has 6 heteroatoms. The fraction of sp³-hybridized carbons (Fsp3) is 0.0833. The Labute approximate surface area is 108 Å². The topological polar surface area (TPSA) is 78.9 Å². The van der Waals surface area contributed by atoms with E-state index in [1.54, 1.807) is 18.2 Å². The highest BCUT2D eigenvalue weighted by Gasteiger charge is 2.12. The number of nitrogens with one attached hydrogen (secondary N) is 1. The number of carboxylic acid groups (broad SMARTS) is 1. The van der Waals surface area contributed by atoms with Crippen LogP contribution in [0.25, 0.3) is 12.2 Å². The van der Waals surface area contributed by atoms with Gasteiger partial charge in [-0.1, -0.05) is 29.8 Å². The lowest BCUT2D eigenvalue weighted by Gasteiger charge is -1.98. The van der Waals surface area contributed by atoms with Crippen LogP contribution in [0.3, 0.4) is 0 Å². The molecule has 0 bridgehead atoms. The van der Waals surface area contributed by atoms with Gasteiger partial charge in [0.15, 0.2) is 5.69 Å². The number of rotatable bonds is 3. The van der Waals surface area contributed by atoms with Crippen molar-refractivity contribution in [3.8, 4) is 0 Å². The van der Waals surface area contributed by atoms with Crippen LogP contribution in [0, 0.1) is 6.92 Å². The van der Waals surface area contributed by atoms with E-state index in [0.717, 1.165) is 11.1 Å². The van der Waals surface area contributed by atoms with Crippen LogP contribution < -0.4 is 0 Å². The van der Waals surface area contributed by atoms with Crippen molar-refractivity contribution in [2.24, 2.45) is 0 Å². The zero-order valence-electron chi connectivity index (χ0n) is 9.51. The fourth-order valence-corrected chi connectivity index (χ4v) is 1.59. The Hall–Kier alpha value is -2.14. The van der Waals surface area contributed by atoms with Crippen LogP contribution in [0.5, 0.6) is 0 Å². The van der Waals surface area contributed by atoms with Crippen molar-refractivity contribution in [3.63, 3.8) is 0 Å². The summed E-state index contributed by atoms with van der Waals surface area (Å²) in [6.45, 7) is 1.91. The number of carboxylic acids is 1. The van der Waals surface area contributed by atoms with Crippen molar-refractivity contribution in [2.45, 2.75) is 6.92 Å². The quantitative estimate of drug-likeness (QED) is 0.892. The predicted molar refractivity (Wildman–Crippen MR) is 68.5 cm³/mol. The Kier molecular flexibility index (Phi) is 3.43. The number of carbonyl (C=O) groups is 1. The number of aromatic amines is 1. The van der Waals surface area contributed by atoms with Crippen LogP contribution in [0.2, 0.25) is 5.02 Å². The Bertz CT molecular complexity index is 620. The maximum Gasteiger partial charge on any atom is 0.358 e. The fourth-order valence-electron chi connectivity index (χ4n) is 1.40. The van der Waals surface area contributed by atoms with Gasteiger partial charge in [-0.25, -0.2) is 4.79 Å². The average Bonchev–Trinajstić information content (AvgIpc) is 2.79. The molecule has 5 nitrogen and oxygen atoms in total. The molecule has 2 N–H and O–H groups in total. The molecule has 92 valence electrons. The van der Waals surface area contributed by atoms with Gasteiger partial charge in [0, 0.05) is 5.02 Å². The van der Waals surface area contributed by atoms with Gasteiger partial charge in [-0.3, -0.25) is 0 Å². The molecule has 2 rings (SSSR count). The highest BCUT2D eigenvalue weighted by atomic mass is 35.5. The second kappa shape index (κ2) is 5.01. The molecule has 0 spiro atoms. The molecule has 1 heterocycles. The summed E-state index contributed by atoms with van der Waals surface area (Å²) in [5.41, 5.74) is 2.02. The molecule has 1 aromatic carbocycles. The highest BCUT2D eigenvalue weighted by Crippen LogP contribution is 2.18. The molecule has 0 unspecified atom stereocenters. The maximum absolute atomic E-state index is 10.8. The van der Waals surface area contributed by atoms with Crippen molar-refractivity contribution in [3.05, 3.63) is 45.7 Å². The molecule has 1 aromatic heterocycles. The van der Waals surface area contributed by atoms with Crippen molar-refractivity contribution in [1.29, 1.82) is 0 Å². The molecule has 0 aliphatic rings. The third-order valence-corrected chi connectivity index (χ3v) is 2.81. The summed E-state index contributed by atoms with van der Waals surface area (Å²) in [7, 11) is 0. The summed E-state index contributed by atoms with van der Waals surface area (Å²) in [5, 5.41) is 19.1. The van der Waals surface area contributed by atoms with Crippen LogP contribution in [0.15, 0.2) is 18.2 Å². The lowest BCUT2D eigenvalue weighted by Crippen LogP contribution is -1.98. The number of H-pyrrole nitrogens is 1. The molecule has 0 saturated heterocycles. The molecular weight excluding hydrogens is 254 g/mol. The molecule has 18 heavy (non-hydrogen) atoms. The van der Waals surface area contributed by atoms with Gasteiger partial charge in [0.1, 0.15) is 5.69 Å². The van der Waals surface area contributed by atoms with Gasteiger partial charge >= 0.3 is 5.97 Å². The summed E-state index contributed by atoms with van der Waals surface area (Å²) in [6.07, 6.45) is 3.31. The van der Waals surface area contributed by atoms with Crippen molar-refractivity contribution in [1.82, 2.24) is 15.4 Å². The standard InChI is InChI=1S/C12H10ClN3O2/c1-7-2-3-8(6-9(7)13)4-5-10-11(12(17)18)15-16-14-10/h2-6H,1H3,(H,17,18)(H,14,15,16). The van der Waals surface area contributed by atoms with Gasteiger partial charge in [-0.15, -0.1) is 5.10 Å². The van der Waals surface area contributed by atoms with Gasteiger partial charge < -0.3 is 5.11 Å². The van der Waals surface area contributed by atoms with Gasteiger partial charge in [-0.2, -0.15) is 10.3 Å². The van der Waals surface area contributed by atoms with Crippen LogP contribution in [0.4, 0.5) is 0 Å². The van der Waals surface area contributed by atoms with E-state index in [1.807, 2.05) is 19.1 Å². The van der Waals surface area contributed by atoms with Crippen molar-refractivity contribution >= 4 is 29.7 Å². The summed E-state index contributed by atoms with van der Waals surface area (Å²) in [5.74, 6) is -1.12. The molecule has 0 saturated carbocycles. The maximum atomic E-state index is 10.8. The van der Waals surface area contributed by atoms with Crippen molar-refractivity contribution < 1.29 is 9.90 Å². The van der Waals surface area contributed by atoms with Crippen LogP contribution >= 0.6 is 11.6 Å². The number of hydrogen-bond acceptors (Lipinski definition) is 3. The summed E-state index contributed by atoms with van der Waals surface area (Å²) >= 11 is 5.99. The first-order chi connectivity index (χ1) is 8.58. The van der Waals surface area contributed by atoms with E-state index in [0.29, 0.717) is 5.02 Å². The van der Waals surface area contributed by atoms with Gasteiger partial charge in [0.2, 0.25) is 0 Å². The average molecular weight is 264 g/mol. The Morgan fingerprint density at radius 3 is 2.83 bits per heavy atom. The van der Waals surface area contributed by atoms with Gasteiger partial charge in [0.05, 0.1) is 0 Å². The van der Waals surface area contributed by atoms with E-state index in [2.05, 4.69) is 15.4 Å². The molecular formula is C12H10ClN3O2. The minimum Gasteiger partial charge on any atom is -0.476 e. The highest BCUT2D eigenvalue weighted by molar-refractivity contribution is 6.31. The number of nitrogens with zero attached hydrogens (tertiary/aromatic N) is 2. The second-order valence-corrected chi connectivity index (χ2v) is 4.11. The number of benzene rings is 1. The number of hydrogen-bond donors (Lipinski definition) is 2. The summed E-state index contributed by atoms with van der Waals surface area (Å²) in [4.78, 5) is 10.8. The number of aryl methyl sites for hydroxylation is 1. The van der Waals surface area contributed by atoms with Crippen molar-refractivity contribution in [2.75, 3.05) is 0 Å². The van der Waals surface area contributed by atoms with Gasteiger partial charge in [-0.05, 0) is 30.2 Å². The van der Waals surface area contributed by atoms with E-state index < -0.39 is 5.97 Å². The minimum absolute atomic E-state index is 0.107. The zero-order valence-corrected chi connectivity index (χ0v) is 10.3.